The van der Waals surface area contributed by atoms with Gasteiger partial charge in [-0.1, -0.05) is 6.08 Å². The second-order valence-electron chi connectivity index (χ2n) is 4.05. The van der Waals surface area contributed by atoms with Crippen molar-refractivity contribution in [1.82, 2.24) is 5.01 Å². The molecular formula is C11H19LiN2O2. The molecule has 0 aliphatic carbocycles. The van der Waals surface area contributed by atoms with Gasteiger partial charge in [0.15, 0.2) is 0 Å². The molecule has 1 atom stereocenters. The molecule has 2 aliphatic heterocycles. The van der Waals surface area contributed by atoms with E-state index in [0.29, 0.717) is 6.04 Å². The SMILES string of the molecule is COC[C@@H]1CCCN1[N-]C1=CCCCO1.[Li+]. The Bertz CT molecular complexity index is 236. The van der Waals surface area contributed by atoms with Crippen LogP contribution in [0.2, 0.25) is 0 Å². The van der Waals surface area contributed by atoms with Crippen LogP contribution in [0, 0.1) is 0 Å². The van der Waals surface area contributed by atoms with Crippen LogP contribution in [-0.4, -0.2) is 37.9 Å². The van der Waals surface area contributed by atoms with Gasteiger partial charge in [0.2, 0.25) is 0 Å². The molecular weight excluding hydrogens is 199 g/mol. The fourth-order valence-corrected chi connectivity index (χ4v) is 2.05. The molecule has 0 unspecified atom stereocenters. The van der Waals surface area contributed by atoms with Crippen molar-refractivity contribution in [2.75, 3.05) is 26.9 Å². The molecule has 1 fully saturated rings. The summed E-state index contributed by atoms with van der Waals surface area (Å²) in [6.07, 6.45) is 6.64. The Balaban J connectivity index is 0.00000128. The summed E-state index contributed by atoms with van der Waals surface area (Å²) in [4.78, 5) is 0. The fraction of sp³-hybridized carbons (Fsp3) is 0.818. The van der Waals surface area contributed by atoms with Gasteiger partial charge in [0.05, 0.1) is 13.2 Å². The molecule has 4 nitrogen and oxygen atoms in total. The van der Waals surface area contributed by atoms with E-state index < -0.39 is 0 Å². The van der Waals surface area contributed by atoms with E-state index >= 15 is 0 Å². The fourth-order valence-electron chi connectivity index (χ4n) is 2.05. The third-order valence-corrected chi connectivity index (χ3v) is 2.85. The molecule has 86 valence electrons. The Morgan fingerprint density at radius 2 is 2.44 bits per heavy atom. The van der Waals surface area contributed by atoms with Crippen LogP contribution in [-0.2, 0) is 9.47 Å². The number of hydrogen-bond acceptors (Lipinski definition) is 3. The summed E-state index contributed by atoms with van der Waals surface area (Å²) < 4.78 is 10.7. The average molecular weight is 218 g/mol. The molecule has 5 heteroatoms. The molecule has 2 rings (SSSR count). The van der Waals surface area contributed by atoms with E-state index in [1.807, 2.05) is 0 Å². The predicted octanol–water partition coefficient (Wildman–Crippen LogP) is -0.958. The molecule has 2 aliphatic rings. The van der Waals surface area contributed by atoms with Gasteiger partial charge >= 0.3 is 18.9 Å². The normalized spacial score (nSPS) is 25.6. The Kier molecular flexibility index (Phi) is 6.29. The molecule has 0 saturated carbocycles. The minimum absolute atomic E-state index is 0. The molecule has 0 bridgehead atoms. The quantitative estimate of drug-likeness (QED) is 0.570. The molecule has 0 radical (unpaired) electrons. The molecule has 0 N–H and O–H groups in total. The molecule has 16 heavy (non-hydrogen) atoms. The van der Waals surface area contributed by atoms with E-state index in [2.05, 4.69) is 16.5 Å². The van der Waals surface area contributed by atoms with E-state index in [0.717, 1.165) is 38.5 Å². The summed E-state index contributed by atoms with van der Waals surface area (Å²) in [6, 6.07) is 0.432. The summed E-state index contributed by atoms with van der Waals surface area (Å²) in [7, 11) is 1.74. The van der Waals surface area contributed by atoms with Gasteiger partial charge in [-0.3, -0.25) is 0 Å². The average Bonchev–Trinajstić information content (AvgIpc) is 2.68. The van der Waals surface area contributed by atoms with Crippen molar-refractivity contribution < 1.29 is 28.3 Å². The van der Waals surface area contributed by atoms with Crippen LogP contribution in [0.25, 0.3) is 5.43 Å². The largest absolute Gasteiger partial charge is 1.00 e. The van der Waals surface area contributed by atoms with Crippen LogP contribution < -0.4 is 18.9 Å². The number of nitrogens with zero attached hydrogens (tertiary/aromatic N) is 2. The number of hydrogen-bond donors (Lipinski definition) is 0. The van der Waals surface area contributed by atoms with Crippen LogP contribution in [0.5, 0.6) is 0 Å². The van der Waals surface area contributed by atoms with Crippen molar-refractivity contribution in [3.05, 3.63) is 17.4 Å². The first kappa shape index (κ1) is 13.9. The predicted molar refractivity (Wildman–Crippen MR) is 58.2 cm³/mol. The van der Waals surface area contributed by atoms with Crippen LogP contribution in [0.15, 0.2) is 12.0 Å². The Morgan fingerprint density at radius 3 is 3.12 bits per heavy atom. The topological polar surface area (TPSA) is 35.8 Å². The summed E-state index contributed by atoms with van der Waals surface area (Å²) in [5, 5.41) is 2.11. The van der Waals surface area contributed by atoms with Crippen molar-refractivity contribution in [3.63, 3.8) is 0 Å². The maximum absolute atomic E-state index is 5.48. The Hall–Kier alpha value is -0.143. The second kappa shape index (κ2) is 7.24. The van der Waals surface area contributed by atoms with Crippen LogP contribution >= 0.6 is 0 Å². The van der Waals surface area contributed by atoms with E-state index in [1.54, 1.807) is 7.11 Å². The zero-order valence-electron chi connectivity index (χ0n) is 10.3. The van der Waals surface area contributed by atoms with Gasteiger partial charge in [0.25, 0.3) is 0 Å². The molecule has 2 heterocycles. The van der Waals surface area contributed by atoms with Gasteiger partial charge in [0, 0.05) is 19.0 Å². The second-order valence-corrected chi connectivity index (χ2v) is 4.05. The van der Waals surface area contributed by atoms with Crippen molar-refractivity contribution in [3.8, 4) is 0 Å². The standard InChI is InChI=1S/C11H19N2O2.Li/c1-14-9-10-5-4-7-13(10)12-11-6-2-3-8-15-11;/h6,10H,2-5,7-9H2,1H3;/q-1;+1/t10-;/m0./s1. The van der Waals surface area contributed by atoms with Gasteiger partial charge in [-0.05, 0) is 32.2 Å². The van der Waals surface area contributed by atoms with Gasteiger partial charge in [-0.15, -0.1) is 0 Å². The number of ether oxygens (including phenoxy) is 2. The minimum Gasteiger partial charge on any atom is -0.589 e. The minimum atomic E-state index is 0. The Labute approximate surface area is 109 Å². The maximum atomic E-state index is 5.48. The van der Waals surface area contributed by atoms with Crippen molar-refractivity contribution in [2.45, 2.75) is 31.7 Å². The first-order valence-corrected chi connectivity index (χ1v) is 5.70. The van der Waals surface area contributed by atoms with Crippen molar-refractivity contribution in [2.24, 2.45) is 0 Å². The van der Waals surface area contributed by atoms with Crippen LogP contribution in [0.1, 0.15) is 25.7 Å². The summed E-state index contributed by atoms with van der Waals surface area (Å²) in [5.74, 6) is 0.796. The summed E-state index contributed by atoms with van der Waals surface area (Å²) in [5.41, 5.74) is 4.53. The molecule has 0 aromatic carbocycles. The smallest absolute Gasteiger partial charge is 0.589 e. The first-order chi connectivity index (χ1) is 7.40. The molecule has 0 spiro atoms. The zero-order valence-corrected chi connectivity index (χ0v) is 10.3. The third kappa shape index (κ3) is 3.71. The molecule has 0 aromatic heterocycles. The van der Waals surface area contributed by atoms with Crippen LogP contribution in [0.3, 0.4) is 0 Å². The summed E-state index contributed by atoms with van der Waals surface area (Å²) in [6.45, 7) is 2.59. The van der Waals surface area contributed by atoms with Crippen molar-refractivity contribution >= 4 is 0 Å². The van der Waals surface area contributed by atoms with Gasteiger partial charge in [-0.25, -0.2) is 0 Å². The molecule has 1 saturated heterocycles. The molecule has 0 amide bonds. The number of rotatable bonds is 4. The maximum Gasteiger partial charge on any atom is 1.00 e. The van der Waals surface area contributed by atoms with E-state index in [9.17, 15) is 0 Å². The van der Waals surface area contributed by atoms with Crippen LogP contribution in [0.4, 0.5) is 0 Å². The third-order valence-electron chi connectivity index (χ3n) is 2.85. The number of methoxy groups -OCH3 is 1. The summed E-state index contributed by atoms with van der Waals surface area (Å²) >= 11 is 0. The number of allylic oxidation sites excluding steroid dienone is 1. The van der Waals surface area contributed by atoms with E-state index in [4.69, 9.17) is 9.47 Å². The van der Waals surface area contributed by atoms with Gasteiger partial charge in [0.1, 0.15) is 0 Å². The molecule has 0 aromatic rings. The van der Waals surface area contributed by atoms with E-state index in [1.165, 1.54) is 12.8 Å². The monoisotopic (exact) mass is 218 g/mol. The Morgan fingerprint density at radius 1 is 1.56 bits per heavy atom. The van der Waals surface area contributed by atoms with Gasteiger partial charge < -0.3 is 19.9 Å². The first-order valence-electron chi connectivity index (χ1n) is 5.70. The van der Waals surface area contributed by atoms with Gasteiger partial charge in [-0.2, -0.15) is 0 Å². The zero-order chi connectivity index (χ0) is 10.5. The van der Waals surface area contributed by atoms with Crippen molar-refractivity contribution in [1.29, 1.82) is 0 Å². The van der Waals surface area contributed by atoms with E-state index in [-0.39, 0.29) is 18.9 Å².